The van der Waals surface area contributed by atoms with Crippen molar-refractivity contribution in [1.82, 2.24) is 0 Å². The van der Waals surface area contributed by atoms with E-state index >= 15 is 0 Å². The second kappa shape index (κ2) is 23.1. The van der Waals surface area contributed by atoms with Gasteiger partial charge in [-0.05, 0) is 91.8 Å². The van der Waals surface area contributed by atoms with Crippen LogP contribution in [0.25, 0.3) is 11.1 Å². The summed E-state index contributed by atoms with van der Waals surface area (Å²) in [6.45, 7) is 9.54. The van der Waals surface area contributed by atoms with Crippen molar-refractivity contribution in [2.45, 2.75) is 40.8 Å². The Morgan fingerprint density at radius 1 is 0.460 bits per heavy atom. The smallest absolute Gasteiger partial charge is 0.423 e. The highest BCUT2D eigenvalue weighted by Crippen LogP contribution is 2.19. The topological polar surface area (TPSA) is 92.5 Å². The fourth-order valence-electron chi connectivity index (χ4n) is 4.00. The van der Waals surface area contributed by atoms with Crippen LogP contribution in [0.3, 0.4) is 0 Å². The molecule has 0 radical (unpaired) electrons. The Morgan fingerprint density at radius 2 is 0.740 bits per heavy atom. The molecule has 50 heavy (non-hydrogen) atoms. The molecule has 6 aromatic rings. The number of benzene rings is 6. The first kappa shape index (κ1) is 41.7. The predicted octanol–water partition coefficient (Wildman–Crippen LogP) is 8.97. The van der Waals surface area contributed by atoms with Gasteiger partial charge in [0, 0.05) is 17.6 Å². The number of aryl methyl sites for hydroxylation is 4. The summed E-state index contributed by atoms with van der Waals surface area (Å²) in [7, 11) is -1.51. The molecule has 0 spiro atoms. The zero-order chi connectivity index (χ0) is 36.9. The van der Waals surface area contributed by atoms with Gasteiger partial charge in [-0.1, -0.05) is 147 Å². The Hall–Kier alpha value is -4.44. The molecule has 260 valence electrons. The molecular weight excluding hydrogens is 693 g/mol. The minimum absolute atomic E-state index is 0.194. The summed E-state index contributed by atoms with van der Waals surface area (Å²) in [5, 5.41) is 17.1. The van der Waals surface area contributed by atoms with Crippen LogP contribution in [0.4, 0.5) is 8.78 Å². The lowest BCUT2D eigenvalue weighted by atomic mass is 9.80. The van der Waals surface area contributed by atoms with E-state index in [-0.39, 0.29) is 11.6 Å². The molecule has 0 aliphatic rings. The summed E-state index contributed by atoms with van der Waals surface area (Å²) in [5.41, 5.74) is 20.8. The molecule has 0 heterocycles. The van der Waals surface area contributed by atoms with Crippen molar-refractivity contribution in [3.05, 3.63) is 195 Å². The quantitative estimate of drug-likeness (QED) is 0.136. The molecule has 0 aliphatic heterocycles. The lowest BCUT2D eigenvalue weighted by molar-refractivity contribution is 0.425. The normalized spacial score (nSPS) is 9.66. The molecule has 6 rings (SSSR count). The van der Waals surface area contributed by atoms with E-state index in [4.69, 9.17) is 21.5 Å². The number of halogens is 3. The Labute approximate surface area is 304 Å². The maximum atomic E-state index is 12.7. The average molecular weight is 740 g/mol. The molecule has 0 atom stereocenters. The molecule has 6 N–H and O–H groups in total. The van der Waals surface area contributed by atoms with Crippen molar-refractivity contribution < 1.29 is 18.8 Å². The van der Waals surface area contributed by atoms with Gasteiger partial charge < -0.3 is 21.5 Å². The van der Waals surface area contributed by atoms with Gasteiger partial charge in [0.1, 0.15) is 11.6 Å². The monoisotopic (exact) mass is 738 g/mol. The lowest BCUT2D eigenvalue weighted by Crippen LogP contribution is -2.29. The van der Waals surface area contributed by atoms with E-state index in [0.29, 0.717) is 18.6 Å². The average Bonchev–Trinajstić information content (AvgIpc) is 3.12. The third-order valence-electron chi connectivity index (χ3n) is 7.12. The van der Waals surface area contributed by atoms with Crippen LogP contribution in [0.5, 0.6) is 0 Å². The zero-order valence-electron chi connectivity index (χ0n) is 29.0. The highest BCUT2D eigenvalue weighted by atomic mass is 79.9. The fraction of sp³-hybridized carbons (Fsp3) is 0.143. The zero-order valence-corrected chi connectivity index (χ0v) is 30.6. The molecule has 0 aromatic heterocycles. The minimum atomic E-state index is -1.51. The predicted molar refractivity (Wildman–Crippen MR) is 210 cm³/mol. The molecule has 0 fully saturated rings. The molecular formula is C42H46BBrF2N2O2. The van der Waals surface area contributed by atoms with Gasteiger partial charge in [0.05, 0.1) is 0 Å². The summed E-state index contributed by atoms with van der Waals surface area (Å²) in [6.07, 6.45) is 0. The van der Waals surface area contributed by atoms with E-state index in [1.54, 1.807) is 12.1 Å². The first-order chi connectivity index (χ1) is 23.9. The minimum Gasteiger partial charge on any atom is -0.423 e. The maximum Gasteiger partial charge on any atom is 0.488 e. The van der Waals surface area contributed by atoms with Gasteiger partial charge in [0.2, 0.25) is 0 Å². The molecule has 0 bridgehead atoms. The molecule has 0 unspecified atom stereocenters. The molecule has 0 saturated heterocycles. The molecule has 6 aromatic carbocycles. The van der Waals surface area contributed by atoms with Gasteiger partial charge in [-0.3, -0.25) is 0 Å². The van der Waals surface area contributed by atoms with Crippen molar-refractivity contribution in [3.8, 4) is 11.1 Å². The van der Waals surface area contributed by atoms with Crippen molar-refractivity contribution >= 4 is 28.5 Å². The van der Waals surface area contributed by atoms with E-state index in [9.17, 15) is 8.78 Å². The number of rotatable bonds is 4. The molecule has 0 aliphatic carbocycles. The largest absolute Gasteiger partial charge is 0.488 e. The molecule has 0 saturated carbocycles. The van der Waals surface area contributed by atoms with Crippen LogP contribution in [0.15, 0.2) is 150 Å². The lowest BCUT2D eigenvalue weighted by Gasteiger charge is -2.01. The van der Waals surface area contributed by atoms with E-state index in [1.807, 2.05) is 24.3 Å². The van der Waals surface area contributed by atoms with Crippen LogP contribution in [0.1, 0.15) is 33.4 Å². The highest BCUT2D eigenvalue weighted by Gasteiger charge is 2.09. The molecule has 4 nitrogen and oxygen atoms in total. The summed E-state index contributed by atoms with van der Waals surface area (Å²) in [5.74, 6) is -0.578. The van der Waals surface area contributed by atoms with E-state index in [2.05, 4.69) is 116 Å². The Kier molecular flexibility index (Phi) is 19.2. The van der Waals surface area contributed by atoms with E-state index < -0.39 is 7.12 Å². The maximum absolute atomic E-state index is 12.7. The van der Waals surface area contributed by atoms with Gasteiger partial charge in [-0.15, -0.1) is 0 Å². The van der Waals surface area contributed by atoms with Crippen molar-refractivity contribution in [2.75, 3.05) is 0 Å². The summed E-state index contributed by atoms with van der Waals surface area (Å²) < 4.78 is 26.0. The second-order valence-electron chi connectivity index (χ2n) is 11.5. The summed E-state index contributed by atoms with van der Waals surface area (Å²) in [6, 6.07) is 44.4. The highest BCUT2D eigenvalue weighted by molar-refractivity contribution is 9.10. The van der Waals surface area contributed by atoms with Crippen LogP contribution in [-0.4, -0.2) is 17.2 Å². The van der Waals surface area contributed by atoms with Gasteiger partial charge in [-0.2, -0.15) is 0 Å². The van der Waals surface area contributed by atoms with Crippen LogP contribution in [-0.2, 0) is 13.1 Å². The van der Waals surface area contributed by atoms with Crippen LogP contribution in [0, 0.1) is 39.3 Å². The number of hydrogen-bond donors (Lipinski definition) is 4. The second-order valence-corrected chi connectivity index (χ2v) is 12.4. The van der Waals surface area contributed by atoms with Crippen molar-refractivity contribution in [3.63, 3.8) is 0 Å². The first-order valence-electron chi connectivity index (χ1n) is 16.1. The first-order valence-corrected chi connectivity index (χ1v) is 16.9. The Balaban J connectivity index is 0.000000220. The van der Waals surface area contributed by atoms with Crippen LogP contribution in [0.2, 0.25) is 0 Å². The van der Waals surface area contributed by atoms with E-state index in [0.717, 1.165) is 15.6 Å². The standard InChI is InChI=1S/C13H11F.2C8H11N.C7H7Br.C6H6BFO2/c1-10-2-4-11(5-3-10)12-6-8-13(14)9-7-12;2*1-7-2-4-8(6-9)5-3-7;1-6-2-4-7(8)5-3-6;8-6-3-1-5(2-4-6)7(9)10/h2-9H,1H3;2*2-5H,6,9H2,1H3;2-5H,1H3;1-4,9-10H. The van der Waals surface area contributed by atoms with Gasteiger partial charge >= 0.3 is 7.12 Å². The van der Waals surface area contributed by atoms with E-state index in [1.165, 1.54) is 69.8 Å². The summed E-state index contributed by atoms with van der Waals surface area (Å²) in [4.78, 5) is 0. The van der Waals surface area contributed by atoms with Gasteiger partial charge in [-0.25, -0.2) is 8.78 Å². The number of hydrogen-bond acceptors (Lipinski definition) is 4. The Morgan fingerprint density at radius 3 is 1.04 bits per heavy atom. The van der Waals surface area contributed by atoms with Gasteiger partial charge in [0.25, 0.3) is 0 Å². The van der Waals surface area contributed by atoms with Crippen molar-refractivity contribution in [2.24, 2.45) is 11.5 Å². The third-order valence-corrected chi connectivity index (χ3v) is 7.65. The molecule has 0 amide bonds. The van der Waals surface area contributed by atoms with Crippen molar-refractivity contribution in [1.29, 1.82) is 0 Å². The van der Waals surface area contributed by atoms with Crippen LogP contribution < -0.4 is 16.9 Å². The third kappa shape index (κ3) is 17.3. The van der Waals surface area contributed by atoms with Gasteiger partial charge in [0.15, 0.2) is 0 Å². The van der Waals surface area contributed by atoms with Crippen LogP contribution >= 0.6 is 15.9 Å². The number of nitrogens with two attached hydrogens (primary N) is 2. The fourth-order valence-corrected chi connectivity index (χ4v) is 4.27. The SMILES string of the molecule is Cc1ccc(-c2ccc(F)cc2)cc1.Cc1ccc(Br)cc1.Cc1ccc(CN)cc1.Cc1ccc(CN)cc1.OB(O)c1ccc(F)cc1. The Bertz CT molecular complexity index is 1660. The summed E-state index contributed by atoms with van der Waals surface area (Å²) >= 11 is 3.35. The molecule has 8 heteroatoms.